The van der Waals surface area contributed by atoms with E-state index >= 15 is 0 Å². The van der Waals surface area contributed by atoms with Gasteiger partial charge in [-0.3, -0.25) is 9.13 Å². The summed E-state index contributed by atoms with van der Waals surface area (Å²) in [4.78, 5) is 16.1. The van der Waals surface area contributed by atoms with Gasteiger partial charge in [0.2, 0.25) is 11.9 Å². The van der Waals surface area contributed by atoms with Gasteiger partial charge in [-0.2, -0.15) is 15.0 Å². The standard InChI is InChI=1S/C58H36N6/c1-2-16-36(17-3-1)56-59-57(63-51-28-14-10-22-43(51)47-34-37(30-32-53(47)63)55-45-24-6-4-18-39(45)40-19-5-7-25-46(40)55)61-58(60-56)64-52-29-15-11-23-44(52)48-35-38(31-33-54(48)64)62-49-26-12-8-20-41(49)42-21-9-13-27-50(42)62/h1-35,55H. The number of hydrogen-bond acceptors (Lipinski definition) is 3. The molecule has 13 aromatic rings. The number of fused-ring (bicyclic) bond motifs is 12. The molecule has 14 rings (SSSR count). The molecule has 0 saturated heterocycles. The minimum Gasteiger partial charge on any atom is -0.309 e. The lowest BCUT2D eigenvalue weighted by Crippen LogP contribution is -2.10. The van der Waals surface area contributed by atoms with E-state index in [1.54, 1.807) is 0 Å². The van der Waals surface area contributed by atoms with E-state index in [0.29, 0.717) is 17.7 Å². The van der Waals surface area contributed by atoms with Crippen LogP contribution < -0.4 is 0 Å². The van der Waals surface area contributed by atoms with Crippen molar-refractivity contribution in [2.24, 2.45) is 0 Å². The largest absolute Gasteiger partial charge is 0.309 e. The van der Waals surface area contributed by atoms with Crippen LogP contribution in [-0.2, 0) is 0 Å². The van der Waals surface area contributed by atoms with E-state index < -0.39 is 0 Å². The molecule has 1 aliphatic rings. The second-order valence-electron chi connectivity index (χ2n) is 16.8. The quantitative estimate of drug-likeness (QED) is 0.174. The molecule has 0 amide bonds. The summed E-state index contributed by atoms with van der Waals surface area (Å²) in [5.41, 5.74) is 15.1. The third kappa shape index (κ3) is 4.99. The molecule has 0 spiro atoms. The van der Waals surface area contributed by atoms with E-state index in [2.05, 4.69) is 208 Å². The molecule has 0 saturated carbocycles. The minimum absolute atomic E-state index is 0.137. The average molecular weight is 817 g/mol. The zero-order chi connectivity index (χ0) is 41.9. The van der Waals surface area contributed by atoms with Crippen LogP contribution in [0.15, 0.2) is 212 Å². The highest BCUT2D eigenvalue weighted by Crippen LogP contribution is 2.49. The first-order chi connectivity index (χ1) is 31.8. The lowest BCUT2D eigenvalue weighted by Gasteiger charge is -2.15. The Labute approximate surface area is 367 Å². The first kappa shape index (κ1) is 35.0. The fourth-order valence-corrected chi connectivity index (χ4v) is 10.7. The topological polar surface area (TPSA) is 53.5 Å². The molecular formula is C58H36N6. The van der Waals surface area contributed by atoms with Crippen LogP contribution in [0, 0.1) is 0 Å². The van der Waals surface area contributed by atoms with Crippen molar-refractivity contribution in [3.8, 4) is 40.1 Å². The van der Waals surface area contributed by atoms with Gasteiger partial charge in [-0.25, -0.2) is 0 Å². The molecule has 0 radical (unpaired) electrons. The second kappa shape index (κ2) is 13.4. The van der Waals surface area contributed by atoms with Gasteiger partial charge in [0.05, 0.1) is 33.1 Å². The number of nitrogens with zero attached hydrogens (tertiary/aromatic N) is 6. The summed E-state index contributed by atoms with van der Waals surface area (Å²) in [7, 11) is 0. The normalized spacial score (nSPS) is 12.6. The summed E-state index contributed by atoms with van der Waals surface area (Å²) in [5, 5.41) is 7.04. The highest BCUT2D eigenvalue weighted by molar-refractivity contribution is 6.12. The van der Waals surface area contributed by atoms with Gasteiger partial charge in [-0.15, -0.1) is 0 Å². The minimum atomic E-state index is 0.137. The lowest BCUT2D eigenvalue weighted by molar-refractivity contribution is 0.892. The molecule has 0 fully saturated rings. The van der Waals surface area contributed by atoms with Gasteiger partial charge < -0.3 is 4.57 Å². The van der Waals surface area contributed by atoms with Gasteiger partial charge >= 0.3 is 0 Å². The Morgan fingerprint density at radius 1 is 0.312 bits per heavy atom. The summed E-state index contributed by atoms with van der Waals surface area (Å²) >= 11 is 0. The van der Waals surface area contributed by atoms with Gasteiger partial charge in [-0.05, 0) is 82.4 Å². The summed E-state index contributed by atoms with van der Waals surface area (Å²) in [6.45, 7) is 0. The average Bonchev–Trinajstić information content (AvgIpc) is 4.09. The molecule has 298 valence electrons. The lowest BCUT2D eigenvalue weighted by atomic mass is 9.88. The van der Waals surface area contributed by atoms with Gasteiger partial charge in [0.1, 0.15) is 0 Å². The van der Waals surface area contributed by atoms with E-state index in [0.717, 1.165) is 54.9 Å². The van der Waals surface area contributed by atoms with Crippen molar-refractivity contribution in [3.05, 3.63) is 229 Å². The van der Waals surface area contributed by atoms with Gasteiger partial charge in [-0.1, -0.05) is 158 Å². The van der Waals surface area contributed by atoms with Crippen LogP contribution in [0.25, 0.3) is 106 Å². The molecule has 0 bridgehead atoms. The van der Waals surface area contributed by atoms with E-state index in [9.17, 15) is 0 Å². The summed E-state index contributed by atoms with van der Waals surface area (Å²) in [6, 6.07) is 76.2. The Bertz CT molecular complexity index is 3940. The van der Waals surface area contributed by atoms with Crippen molar-refractivity contribution >= 4 is 65.4 Å². The highest BCUT2D eigenvalue weighted by Gasteiger charge is 2.30. The predicted molar refractivity (Wildman–Crippen MR) is 261 cm³/mol. The molecule has 0 atom stereocenters. The maximum atomic E-state index is 5.46. The Kier molecular flexibility index (Phi) is 7.36. The number of rotatable bonds is 5. The fourth-order valence-electron chi connectivity index (χ4n) is 10.7. The summed E-state index contributed by atoms with van der Waals surface area (Å²) in [6.07, 6.45) is 0. The SMILES string of the molecule is c1ccc(-c2nc(-n3c4ccccc4c4cc(C5c6ccccc6-c6ccccc65)ccc43)nc(-n3c4ccccc4c4cc(-n5c6ccccc6c6ccccc65)ccc43)n2)cc1. The van der Waals surface area contributed by atoms with Crippen molar-refractivity contribution in [2.45, 2.75) is 5.92 Å². The van der Waals surface area contributed by atoms with Crippen LogP contribution in [0.5, 0.6) is 0 Å². The first-order valence-electron chi connectivity index (χ1n) is 21.8. The predicted octanol–water partition coefficient (Wildman–Crippen LogP) is 14.0. The molecule has 4 aromatic heterocycles. The molecule has 4 heterocycles. The van der Waals surface area contributed by atoms with Gasteiger partial charge in [0.15, 0.2) is 5.82 Å². The molecule has 0 unspecified atom stereocenters. The van der Waals surface area contributed by atoms with Crippen LogP contribution in [0.2, 0.25) is 0 Å². The van der Waals surface area contributed by atoms with Gasteiger partial charge in [0, 0.05) is 49.5 Å². The van der Waals surface area contributed by atoms with Crippen LogP contribution in [0.4, 0.5) is 0 Å². The molecule has 0 N–H and O–H groups in total. The number of benzene rings is 9. The monoisotopic (exact) mass is 816 g/mol. The van der Waals surface area contributed by atoms with Crippen LogP contribution in [-0.4, -0.2) is 28.7 Å². The van der Waals surface area contributed by atoms with E-state index in [-0.39, 0.29) is 5.92 Å². The second-order valence-corrected chi connectivity index (χ2v) is 16.8. The third-order valence-electron chi connectivity index (χ3n) is 13.4. The maximum absolute atomic E-state index is 5.46. The van der Waals surface area contributed by atoms with Crippen molar-refractivity contribution in [3.63, 3.8) is 0 Å². The smallest absolute Gasteiger partial charge is 0.240 e. The van der Waals surface area contributed by atoms with Crippen molar-refractivity contribution in [2.75, 3.05) is 0 Å². The molecule has 1 aliphatic carbocycles. The Balaban J connectivity index is 0.997. The zero-order valence-corrected chi connectivity index (χ0v) is 34.5. The number of para-hydroxylation sites is 4. The summed E-state index contributed by atoms with van der Waals surface area (Å²) < 4.78 is 6.80. The zero-order valence-electron chi connectivity index (χ0n) is 34.5. The van der Waals surface area contributed by atoms with Gasteiger partial charge in [0.25, 0.3) is 0 Å². The maximum Gasteiger partial charge on any atom is 0.240 e. The molecule has 6 nitrogen and oxygen atoms in total. The van der Waals surface area contributed by atoms with Crippen LogP contribution >= 0.6 is 0 Å². The number of hydrogen-bond donors (Lipinski definition) is 0. The first-order valence-corrected chi connectivity index (χ1v) is 21.8. The fraction of sp³-hybridized carbons (Fsp3) is 0.0172. The molecule has 64 heavy (non-hydrogen) atoms. The van der Waals surface area contributed by atoms with Crippen LogP contribution in [0.1, 0.15) is 22.6 Å². The Hall–Kier alpha value is -8.61. The van der Waals surface area contributed by atoms with E-state index in [1.165, 1.54) is 49.6 Å². The van der Waals surface area contributed by atoms with Crippen molar-refractivity contribution in [1.82, 2.24) is 28.7 Å². The van der Waals surface area contributed by atoms with E-state index in [4.69, 9.17) is 15.0 Å². The van der Waals surface area contributed by atoms with E-state index in [1.807, 2.05) is 18.2 Å². The highest BCUT2D eigenvalue weighted by atomic mass is 15.3. The van der Waals surface area contributed by atoms with Crippen LogP contribution in [0.3, 0.4) is 0 Å². The van der Waals surface area contributed by atoms with Crippen molar-refractivity contribution in [1.29, 1.82) is 0 Å². The molecule has 6 heteroatoms. The Morgan fingerprint density at radius 2 is 0.734 bits per heavy atom. The van der Waals surface area contributed by atoms with Crippen molar-refractivity contribution < 1.29 is 0 Å². The molecule has 9 aromatic carbocycles. The number of aromatic nitrogens is 6. The molecule has 0 aliphatic heterocycles. The Morgan fingerprint density at radius 3 is 1.30 bits per heavy atom. The summed E-state index contributed by atoms with van der Waals surface area (Å²) in [5.74, 6) is 1.86. The third-order valence-corrected chi connectivity index (χ3v) is 13.4. The molecular weight excluding hydrogens is 781 g/mol.